The van der Waals surface area contributed by atoms with Crippen LogP contribution >= 0.6 is 11.8 Å². The molecule has 1 aliphatic carbocycles. The molecule has 0 spiro atoms. The second kappa shape index (κ2) is 6.53. The zero-order chi connectivity index (χ0) is 12.0. The quantitative estimate of drug-likeness (QED) is 0.483. The van der Waals surface area contributed by atoms with Crippen molar-refractivity contribution in [3.05, 3.63) is 0 Å². The van der Waals surface area contributed by atoms with E-state index in [0.29, 0.717) is 11.8 Å². The van der Waals surface area contributed by atoms with Crippen molar-refractivity contribution in [2.75, 3.05) is 18.6 Å². The van der Waals surface area contributed by atoms with Gasteiger partial charge in [0.1, 0.15) is 0 Å². The number of methoxy groups -OCH3 is 1. The van der Waals surface area contributed by atoms with Gasteiger partial charge in [0.15, 0.2) is 0 Å². The summed E-state index contributed by atoms with van der Waals surface area (Å²) in [7, 11) is 1.48. The van der Waals surface area contributed by atoms with Crippen LogP contribution in [0.4, 0.5) is 0 Å². The molecule has 0 aromatic heterocycles. The van der Waals surface area contributed by atoms with Crippen LogP contribution in [-0.4, -0.2) is 24.6 Å². The lowest BCUT2D eigenvalue weighted by Gasteiger charge is -2.13. The first-order valence-electron chi connectivity index (χ1n) is 6.22. The van der Waals surface area contributed by atoms with Crippen LogP contribution in [0.5, 0.6) is 0 Å². The van der Waals surface area contributed by atoms with E-state index in [1.807, 2.05) is 11.8 Å². The summed E-state index contributed by atoms with van der Waals surface area (Å²) in [4.78, 5) is 11.2. The summed E-state index contributed by atoms with van der Waals surface area (Å²) in [5, 5.41) is 0. The maximum atomic E-state index is 11.2. The Kier molecular flexibility index (Phi) is 5.67. The summed E-state index contributed by atoms with van der Waals surface area (Å²) in [6, 6.07) is 0. The SMILES string of the molecule is COC(=O)CC1(CSCCCC(C)C)CC1. The molecule has 0 N–H and O–H groups in total. The molecule has 3 heteroatoms. The number of ether oxygens (including phenoxy) is 1. The molecule has 1 saturated carbocycles. The molecule has 0 radical (unpaired) electrons. The van der Waals surface area contributed by atoms with Crippen molar-refractivity contribution >= 4 is 17.7 Å². The molecule has 16 heavy (non-hydrogen) atoms. The van der Waals surface area contributed by atoms with Gasteiger partial charge in [0, 0.05) is 0 Å². The minimum Gasteiger partial charge on any atom is -0.469 e. The Bertz CT molecular complexity index is 222. The van der Waals surface area contributed by atoms with Gasteiger partial charge in [0.25, 0.3) is 0 Å². The highest BCUT2D eigenvalue weighted by molar-refractivity contribution is 7.99. The fourth-order valence-electron chi connectivity index (χ4n) is 1.81. The zero-order valence-corrected chi connectivity index (χ0v) is 11.6. The van der Waals surface area contributed by atoms with Gasteiger partial charge < -0.3 is 4.74 Å². The predicted octanol–water partition coefficient (Wildman–Crippen LogP) is 3.50. The predicted molar refractivity (Wildman–Crippen MR) is 69.7 cm³/mol. The Balaban J connectivity index is 2.06. The van der Waals surface area contributed by atoms with E-state index in [0.717, 1.165) is 11.7 Å². The van der Waals surface area contributed by atoms with E-state index >= 15 is 0 Å². The average Bonchev–Trinajstić information content (AvgIpc) is 2.97. The molecule has 1 fully saturated rings. The number of rotatable bonds is 8. The van der Waals surface area contributed by atoms with Crippen molar-refractivity contribution in [3.8, 4) is 0 Å². The summed E-state index contributed by atoms with van der Waals surface area (Å²) in [5.41, 5.74) is 0.301. The van der Waals surface area contributed by atoms with Gasteiger partial charge in [-0.3, -0.25) is 4.79 Å². The first-order chi connectivity index (χ1) is 7.58. The highest BCUT2D eigenvalue weighted by Gasteiger charge is 2.44. The molecule has 2 nitrogen and oxygen atoms in total. The van der Waals surface area contributed by atoms with Gasteiger partial charge in [-0.15, -0.1) is 0 Å². The van der Waals surface area contributed by atoms with Crippen LogP contribution in [0, 0.1) is 11.3 Å². The molecular weight excluding hydrogens is 220 g/mol. The molecule has 1 rings (SSSR count). The third-order valence-corrected chi connectivity index (χ3v) is 4.58. The van der Waals surface area contributed by atoms with Crippen LogP contribution in [0.15, 0.2) is 0 Å². The number of hydrogen-bond acceptors (Lipinski definition) is 3. The van der Waals surface area contributed by atoms with Crippen LogP contribution in [0.25, 0.3) is 0 Å². The standard InChI is InChI=1S/C13H24O2S/c1-11(2)5-4-8-16-10-13(6-7-13)9-12(14)15-3/h11H,4-10H2,1-3H3. The van der Waals surface area contributed by atoms with Crippen molar-refractivity contribution in [2.24, 2.45) is 11.3 Å². The Morgan fingerprint density at radius 2 is 2.12 bits per heavy atom. The Labute approximate surface area is 104 Å². The topological polar surface area (TPSA) is 26.3 Å². The third-order valence-electron chi connectivity index (χ3n) is 3.18. The van der Waals surface area contributed by atoms with E-state index in [9.17, 15) is 4.79 Å². The number of esters is 1. The van der Waals surface area contributed by atoms with Gasteiger partial charge in [0.05, 0.1) is 13.5 Å². The van der Waals surface area contributed by atoms with Gasteiger partial charge in [-0.1, -0.05) is 20.3 Å². The second-order valence-corrected chi connectivity index (χ2v) is 6.45. The second-order valence-electron chi connectivity index (χ2n) is 5.34. The normalized spacial score (nSPS) is 17.5. The molecule has 0 heterocycles. The van der Waals surface area contributed by atoms with Crippen molar-refractivity contribution in [2.45, 2.75) is 46.0 Å². The molecule has 0 aliphatic heterocycles. The van der Waals surface area contributed by atoms with Crippen LogP contribution in [-0.2, 0) is 9.53 Å². The first-order valence-corrected chi connectivity index (χ1v) is 7.38. The fourth-order valence-corrected chi connectivity index (χ4v) is 3.15. The van der Waals surface area contributed by atoms with Crippen molar-refractivity contribution in [1.82, 2.24) is 0 Å². The van der Waals surface area contributed by atoms with E-state index in [2.05, 4.69) is 13.8 Å². The molecule has 0 bridgehead atoms. The van der Waals surface area contributed by atoms with Crippen molar-refractivity contribution in [1.29, 1.82) is 0 Å². The summed E-state index contributed by atoms with van der Waals surface area (Å²) >= 11 is 2.01. The average molecular weight is 244 g/mol. The Hall–Kier alpha value is -0.180. The van der Waals surface area contributed by atoms with E-state index < -0.39 is 0 Å². The minimum atomic E-state index is -0.0414. The zero-order valence-electron chi connectivity index (χ0n) is 10.8. The van der Waals surface area contributed by atoms with Gasteiger partial charge in [0.2, 0.25) is 0 Å². The number of carbonyl (C=O) groups is 1. The van der Waals surface area contributed by atoms with E-state index in [1.165, 1.54) is 38.5 Å². The molecule has 0 atom stereocenters. The van der Waals surface area contributed by atoms with E-state index in [4.69, 9.17) is 4.74 Å². The van der Waals surface area contributed by atoms with E-state index in [1.54, 1.807) is 0 Å². The van der Waals surface area contributed by atoms with Gasteiger partial charge in [-0.25, -0.2) is 0 Å². The molecule has 94 valence electrons. The number of hydrogen-bond donors (Lipinski definition) is 0. The van der Waals surface area contributed by atoms with E-state index in [-0.39, 0.29) is 5.97 Å². The summed E-state index contributed by atoms with van der Waals surface area (Å²) in [6.07, 6.45) is 5.66. The maximum Gasteiger partial charge on any atom is 0.306 e. The molecule has 0 unspecified atom stereocenters. The summed E-state index contributed by atoms with van der Waals surface area (Å²) < 4.78 is 4.74. The largest absolute Gasteiger partial charge is 0.469 e. The molecule has 0 aromatic carbocycles. The van der Waals surface area contributed by atoms with Crippen LogP contribution < -0.4 is 0 Å². The lowest BCUT2D eigenvalue weighted by molar-refractivity contribution is -0.141. The minimum absolute atomic E-state index is 0.0414. The van der Waals surface area contributed by atoms with Crippen LogP contribution in [0.2, 0.25) is 0 Å². The highest BCUT2D eigenvalue weighted by atomic mass is 32.2. The van der Waals surface area contributed by atoms with Crippen molar-refractivity contribution in [3.63, 3.8) is 0 Å². The molecule has 0 saturated heterocycles. The lowest BCUT2D eigenvalue weighted by atomic mass is 10.1. The first kappa shape index (κ1) is 13.9. The van der Waals surface area contributed by atoms with Crippen LogP contribution in [0.1, 0.15) is 46.0 Å². The molecule has 0 aromatic rings. The number of thioether (sulfide) groups is 1. The van der Waals surface area contributed by atoms with Crippen LogP contribution in [0.3, 0.4) is 0 Å². The summed E-state index contributed by atoms with van der Waals surface area (Å²) in [6.45, 7) is 4.54. The van der Waals surface area contributed by atoms with Gasteiger partial charge >= 0.3 is 5.97 Å². The fraction of sp³-hybridized carbons (Fsp3) is 0.923. The third kappa shape index (κ3) is 5.24. The van der Waals surface area contributed by atoms with Gasteiger partial charge in [-0.2, -0.15) is 11.8 Å². The smallest absolute Gasteiger partial charge is 0.306 e. The lowest BCUT2D eigenvalue weighted by Crippen LogP contribution is -2.13. The summed E-state index contributed by atoms with van der Waals surface area (Å²) in [5.74, 6) is 3.15. The van der Waals surface area contributed by atoms with Crippen molar-refractivity contribution < 1.29 is 9.53 Å². The highest BCUT2D eigenvalue weighted by Crippen LogP contribution is 2.51. The van der Waals surface area contributed by atoms with Gasteiger partial charge in [-0.05, 0) is 42.1 Å². The number of carbonyl (C=O) groups excluding carboxylic acids is 1. The monoisotopic (exact) mass is 244 g/mol. The Morgan fingerprint density at radius 3 is 2.62 bits per heavy atom. The molecule has 1 aliphatic rings. The maximum absolute atomic E-state index is 11.2. The Morgan fingerprint density at radius 1 is 1.44 bits per heavy atom. The molecule has 0 amide bonds. The molecular formula is C13H24O2S.